The Bertz CT molecular complexity index is 1510. The van der Waals surface area contributed by atoms with E-state index in [1.54, 1.807) is 36.4 Å². The summed E-state index contributed by atoms with van der Waals surface area (Å²) in [6, 6.07) is 13.9. The van der Waals surface area contributed by atoms with Gasteiger partial charge < -0.3 is 13.6 Å². The van der Waals surface area contributed by atoms with Crippen LogP contribution in [0.25, 0.3) is 11.0 Å². The third kappa shape index (κ3) is 4.72. The maximum absolute atomic E-state index is 13.3. The number of hydrogen-bond acceptors (Lipinski definition) is 6. The van der Waals surface area contributed by atoms with Crippen molar-refractivity contribution in [1.82, 2.24) is 5.01 Å². The minimum absolute atomic E-state index is 0.0500. The highest BCUT2D eigenvalue weighted by Gasteiger charge is 2.36. The Kier molecular flexibility index (Phi) is 6.05. The van der Waals surface area contributed by atoms with Crippen LogP contribution in [0.2, 0.25) is 5.02 Å². The third-order valence-corrected chi connectivity index (χ3v) is 5.85. The summed E-state index contributed by atoms with van der Waals surface area (Å²) >= 11 is 5.97. The average molecular weight is 517 g/mol. The van der Waals surface area contributed by atoms with Gasteiger partial charge in [-0.25, -0.2) is 9.80 Å². The van der Waals surface area contributed by atoms with Crippen LogP contribution >= 0.6 is 11.6 Å². The van der Waals surface area contributed by atoms with Crippen LogP contribution in [0, 0.1) is 0 Å². The van der Waals surface area contributed by atoms with Crippen LogP contribution in [0.1, 0.15) is 29.3 Å². The standard InChI is InChI=1S/C25H16ClF3N2O5/c26-15-5-3-14(4-6-15)19-12-20(21-2-1-9-34-21)31(30-19)23(32)13-35-16-7-8-17-18(25(27,28)29)11-24(33)36-22(17)10-16/h1-11,20H,12-13H2. The lowest BCUT2D eigenvalue weighted by atomic mass is 10.0. The molecule has 0 saturated carbocycles. The summed E-state index contributed by atoms with van der Waals surface area (Å²) in [5.41, 5.74) is -1.13. The summed E-state index contributed by atoms with van der Waals surface area (Å²) in [4.78, 5) is 24.7. The van der Waals surface area contributed by atoms with E-state index in [0.717, 1.165) is 17.7 Å². The molecule has 2 aromatic heterocycles. The Morgan fingerprint density at radius 1 is 1.14 bits per heavy atom. The molecular formula is C25H16ClF3N2O5. The van der Waals surface area contributed by atoms with E-state index in [-0.39, 0.29) is 16.7 Å². The molecule has 5 rings (SSSR count). The molecule has 0 saturated heterocycles. The SMILES string of the molecule is O=C(COc1ccc2c(C(F)(F)F)cc(=O)oc2c1)N1N=C(c2ccc(Cl)cc2)CC1c1ccco1. The fraction of sp³-hybridized carbons (Fsp3) is 0.160. The van der Waals surface area contributed by atoms with Gasteiger partial charge in [-0.05, 0) is 42.0 Å². The quantitative estimate of drug-likeness (QED) is 0.312. The van der Waals surface area contributed by atoms with E-state index in [1.165, 1.54) is 17.3 Å². The number of benzene rings is 2. The molecule has 0 fully saturated rings. The van der Waals surface area contributed by atoms with E-state index in [0.29, 0.717) is 29.0 Å². The molecule has 184 valence electrons. The van der Waals surface area contributed by atoms with Crippen molar-refractivity contribution in [3.8, 4) is 5.75 Å². The molecule has 0 aliphatic carbocycles. The van der Waals surface area contributed by atoms with Crippen molar-refractivity contribution in [1.29, 1.82) is 0 Å². The summed E-state index contributed by atoms with van der Waals surface area (Å²) in [5, 5.41) is 5.99. The van der Waals surface area contributed by atoms with Crippen molar-refractivity contribution in [2.24, 2.45) is 5.10 Å². The van der Waals surface area contributed by atoms with Crippen LogP contribution in [0.5, 0.6) is 5.75 Å². The Morgan fingerprint density at radius 3 is 2.61 bits per heavy atom. The molecule has 1 aliphatic rings. The molecule has 1 unspecified atom stereocenters. The third-order valence-electron chi connectivity index (χ3n) is 5.60. The van der Waals surface area contributed by atoms with E-state index in [2.05, 4.69) is 5.10 Å². The summed E-state index contributed by atoms with van der Waals surface area (Å²) in [6.45, 7) is -0.469. The number of alkyl halides is 3. The molecule has 1 amide bonds. The van der Waals surface area contributed by atoms with E-state index in [1.807, 2.05) is 0 Å². The minimum Gasteiger partial charge on any atom is -0.484 e. The van der Waals surface area contributed by atoms with Gasteiger partial charge in [0.05, 0.1) is 17.5 Å². The Balaban J connectivity index is 1.38. The molecule has 4 aromatic rings. The number of fused-ring (bicyclic) bond motifs is 1. The van der Waals surface area contributed by atoms with Crippen molar-refractivity contribution in [2.45, 2.75) is 18.6 Å². The predicted molar refractivity (Wildman–Crippen MR) is 124 cm³/mol. The highest BCUT2D eigenvalue weighted by atomic mass is 35.5. The van der Waals surface area contributed by atoms with Crippen LogP contribution in [0.4, 0.5) is 13.2 Å². The van der Waals surface area contributed by atoms with Gasteiger partial charge in [0.1, 0.15) is 23.1 Å². The van der Waals surface area contributed by atoms with Gasteiger partial charge in [-0.2, -0.15) is 18.3 Å². The summed E-state index contributed by atoms with van der Waals surface area (Å²) < 4.78 is 55.7. The first kappa shape index (κ1) is 23.7. The number of hydrazone groups is 1. The number of furan rings is 1. The largest absolute Gasteiger partial charge is 0.484 e. The number of rotatable bonds is 5. The van der Waals surface area contributed by atoms with Crippen LogP contribution in [-0.2, 0) is 11.0 Å². The first-order valence-electron chi connectivity index (χ1n) is 10.7. The minimum atomic E-state index is -4.73. The van der Waals surface area contributed by atoms with Crippen molar-refractivity contribution in [3.63, 3.8) is 0 Å². The smallest absolute Gasteiger partial charge is 0.417 e. The van der Waals surface area contributed by atoms with Gasteiger partial charge in [-0.1, -0.05) is 23.7 Å². The van der Waals surface area contributed by atoms with Crippen LogP contribution < -0.4 is 10.4 Å². The molecule has 0 bridgehead atoms. The molecule has 11 heteroatoms. The number of carbonyl (C=O) groups is 1. The molecule has 0 spiro atoms. The van der Waals surface area contributed by atoms with E-state index in [4.69, 9.17) is 25.2 Å². The molecule has 1 atom stereocenters. The van der Waals surface area contributed by atoms with E-state index >= 15 is 0 Å². The number of halogens is 4. The second kappa shape index (κ2) is 9.19. The fourth-order valence-corrected chi connectivity index (χ4v) is 4.06. The second-order valence-corrected chi connectivity index (χ2v) is 8.39. The molecule has 0 radical (unpaired) electrons. The molecule has 0 N–H and O–H groups in total. The van der Waals surface area contributed by atoms with Gasteiger partial charge in [-0.15, -0.1) is 0 Å². The number of amides is 1. The lowest BCUT2D eigenvalue weighted by Crippen LogP contribution is -2.31. The lowest BCUT2D eigenvalue weighted by Gasteiger charge is -2.20. The zero-order chi connectivity index (χ0) is 25.4. The van der Waals surface area contributed by atoms with Crippen LogP contribution in [0.15, 0.2) is 85.7 Å². The van der Waals surface area contributed by atoms with E-state index in [9.17, 15) is 22.8 Å². The maximum atomic E-state index is 13.3. The zero-order valence-electron chi connectivity index (χ0n) is 18.3. The maximum Gasteiger partial charge on any atom is 0.417 e. The highest BCUT2D eigenvalue weighted by Crippen LogP contribution is 2.36. The summed E-state index contributed by atoms with van der Waals surface area (Å²) in [5.74, 6) is 0.0724. The Morgan fingerprint density at radius 2 is 1.92 bits per heavy atom. The summed E-state index contributed by atoms with van der Waals surface area (Å²) in [6.07, 6.45) is -2.85. The van der Waals surface area contributed by atoms with Gasteiger partial charge in [0, 0.05) is 29.0 Å². The van der Waals surface area contributed by atoms with Crippen molar-refractivity contribution in [2.75, 3.05) is 6.61 Å². The summed E-state index contributed by atoms with van der Waals surface area (Å²) in [7, 11) is 0. The van der Waals surface area contributed by atoms with E-state index < -0.39 is 35.9 Å². The normalized spacial score (nSPS) is 15.8. The topological polar surface area (TPSA) is 85.3 Å². The molecular weight excluding hydrogens is 501 g/mol. The van der Waals surface area contributed by atoms with Gasteiger partial charge in [0.2, 0.25) is 0 Å². The van der Waals surface area contributed by atoms with Gasteiger partial charge >= 0.3 is 11.8 Å². The van der Waals surface area contributed by atoms with Gasteiger partial charge in [0.25, 0.3) is 5.91 Å². The van der Waals surface area contributed by atoms with Gasteiger partial charge in [0.15, 0.2) is 6.61 Å². The monoisotopic (exact) mass is 516 g/mol. The zero-order valence-corrected chi connectivity index (χ0v) is 19.0. The molecule has 7 nitrogen and oxygen atoms in total. The van der Waals surface area contributed by atoms with Gasteiger partial charge in [-0.3, -0.25) is 4.79 Å². The number of ether oxygens (including phenoxy) is 1. The van der Waals surface area contributed by atoms with Crippen molar-refractivity contribution >= 4 is 34.2 Å². The number of carbonyl (C=O) groups excluding carboxylic acids is 1. The second-order valence-electron chi connectivity index (χ2n) is 7.95. The molecule has 36 heavy (non-hydrogen) atoms. The van der Waals surface area contributed by atoms with Crippen LogP contribution in [0.3, 0.4) is 0 Å². The molecule has 1 aliphatic heterocycles. The predicted octanol–water partition coefficient (Wildman–Crippen LogP) is 5.81. The fourth-order valence-electron chi connectivity index (χ4n) is 3.94. The Hall–Kier alpha value is -4.05. The number of nitrogens with zero attached hydrogens (tertiary/aromatic N) is 2. The van der Waals surface area contributed by atoms with Crippen LogP contribution in [-0.4, -0.2) is 23.2 Å². The Labute approximate surface area is 206 Å². The first-order valence-corrected chi connectivity index (χ1v) is 11.0. The molecule has 3 heterocycles. The number of hydrogen-bond donors (Lipinski definition) is 0. The lowest BCUT2D eigenvalue weighted by molar-refractivity contribution is -0.136. The van der Waals surface area contributed by atoms with Crippen molar-refractivity contribution in [3.05, 3.63) is 99.3 Å². The average Bonchev–Trinajstić information content (AvgIpc) is 3.52. The molecule has 2 aromatic carbocycles. The highest BCUT2D eigenvalue weighted by molar-refractivity contribution is 6.30. The first-order chi connectivity index (χ1) is 17.2. The van der Waals surface area contributed by atoms with Crippen molar-refractivity contribution < 1.29 is 31.5 Å².